The molecule has 7 nitrogen and oxygen atoms in total. The fourth-order valence-corrected chi connectivity index (χ4v) is 2.50. The molecule has 0 saturated heterocycles. The lowest BCUT2D eigenvalue weighted by Crippen LogP contribution is -2.35. The molecule has 0 fully saturated rings. The van der Waals surface area contributed by atoms with E-state index in [0.29, 0.717) is 23.9 Å². The number of carbonyl (C=O) groups excluding carboxylic acids is 2. The van der Waals surface area contributed by atoms with Gasteiger partial charge in [0.2, 0.25) is 0 Å². The van der Waals surface area contributed by atoms with Crippen LogP contribution < -0.4 is 0 Å². The van der Waals surface area contributed by atoms with Gasteiger partial charge in [0.25, 0.3) is 5.91 Å². The third-order valence-electron chi connectivity index (χ3n) is 2.85. The number of thiazole rings is 1. The van der Waals surface area contributed by atoms with E-state index in [-0.39, 0.29) is 18.2 Å². The van der Waals surface area contributed by atoms with Crippen LogP contribution in [0.2, 0.25) is 0 Å². The molecule has 0 saturated carbocycles. The van der Waals surface area contributed by atoms with Crippen molar-refractivity contribution < 1.29 is 14.3 Å². The number of nitrogens with zero attached hydrogens (tertiary/aromatic N) is 4. The Kier molecular flexibility index (Phi) is 6.32. The van der Waals surface area contributed by atoms with Gasteiger partial charge in [-0.1, -0.05) is 12.2 Å². The predicted octanol–water partition coefficient (Wildman–Crippen LogP) is 1.96. The molecule has 1 amide bonds. The van der Waals surface area contributed by atoms with Crippen molar-refractivity contribution in [2.75, 3.05) is 19.7 Å². The van der Waals surface area contributed by atoms with Crippen molar-refractivity contribution in [2.45, 2.75) is 0 Å². The molecule has 0 aliphatic carbocycles. The number of hydrogen-bond acceptors (Lipinski definition) is 7. The highest BCUT2D eigenvalue weighted by Gasteiger charge is 2.17. The second-order valence-corrected chi connectivity index (χ2v) is 5.42. The molecular formula is C16H16N4O3S. The van der Waals surface area contributed by atoms with Crippen LogP contribution >= 0.6 is 11.3 Å². The molecule has 24 heavy (non-hydrogen) atoms. The van der Waals surface area contributed by atoms with Gasteiger partial charge in [0, 0.05) is 30.9 Å². The van der Waals surface area contributed by atoms with Crippen LogP contribution in [0.5, 0.6) is 0 Å². The molecule has 8 heteroatoms. The normalized spacial score (nSPS) is 10.0. The van der Waals surface area contributed by atoms with E-state index in [0.717, 1.165) is 0 Å². The lowest BCUT2D eigenvalue weighted by Gasteiger charge is -2.18. The summed E-state index contributed by atoms with van der Waals surface area (Å²) in [6.45, 7) is 7.51. The Labute approximate surface area is 143 Å². The first-order chi connectivity index (χ1) is 11.7. The maximum Gasteiger partial charge on any atom is 0.358 e. The molecule has 0 N–H and O–H groups in total. The number of carbonyl (C=O) groups is 2. The molecule has 0 radical (unpaired) electrons. The molecule has 2 aromatic heterocycles. The standard InChI is InChI=1S/C16H16N4O3S/c1-3-8-20(9-4-2)13(21)10-23-16(22)12-11-24-15(19-12)14-17-6-5-7-18-14/h3-7,11H,1-2,8-10H2. The van der Waals surface area contributed by atoms with Gasteiger partial charge < -0.3 is 9.64 Å². The summed E-state index contributed by atoms with van der Waals surface area (Å²) in [6.07, 6.45) is 6.37. The predicted molar refractivity (Wildman–Crippen MR) is 90.4 cm³/mol. The van der Waals surface area contributed by atoms with Crippen LogP contribution in [0.1, 0.15) is 10.5 Å². The van der Waals surface area contributed by atoms with Gasteiger partial charge in [0.15, 0.2) is 23.1 Å². The Morgan fingerprint density at radius 2 is 1.88 bits per heavy atom. The van der Waals surface area contributed by atoms with Gasteiger partial charge in [-0.15, -0.1) is 24.5 Å². The van der Waals surface area contributed by atoms with E-state index in [1.54, 1.807) is 36.0 Å². The van der Waals surface area contributed by atoms with Crippen LogP contribution in [-0.2, 0) is 9.53 Å². The maximum atomic E-state index is 12.0. The zero-order valence-corrected chi connectivity index (χ0v) is 13.7. The van der Waals surface area contributed by atoms with E-state index in [2.05, 4.69) is 28.1 Å². The van der Waals surface area contributed by atoms with Gasteiger partial charge in [0.05, 0.1) is 0 Å². The van der Waals surface area contributed by atoms with Gasteiger partial charge in [-0.2, -0.15) is 0 Å². The number of amides is 1. The summed E-state index contributed by atoms with van der Waals surface area (Å²) < 4.78 is 5.02. The van der Waals surface area contributed by atoms with E-state index in [1.807, 2.05) is 0 Å². The van der Waals surface area contributed by atoms with E-state index >= 15 is 0 Å². The summed E-state index contributed by atoms with van der Waals surface area (Å²) in [7, 11) is 0. The van der Waals surface area contributed by atoms with Crippen LogP contribution in [0.4, 0.5) is 0 Å². The first kappa shape index (κ1) is 17.5. The summed E-state index contributed by atoms with van der Waals surface area (Å²) >= 11 is 1.23. The van der Waals surface area contributed by atoms with Crippen molar-refractivity contribution >= 4 is 23.2 Å². The largest absolute Gasteiger partial charge is 0.451 e. The molecule has 0 atom stereocenters. The van der Waals surface area contributed by atoms with Crippen molar-refractivity contribution in [3.05, 3.63) is 54.8 Å². The second kappa shape index (κ2) is 8.68. The summed E-state index contributed by atoms with van der Waals surface area (Å²) in [6, 6.07) is 1.69. The highest BCUT2D eigenvalue weighted by molar-refractivity contribution is 7.13. The van der Waals surface area contributed by atoms with E-state index in [9.17, 15) is 9.59 Å². The Balaban J connectivity index is 1.95. The molecule has 0 spiro atoms. The molecule has 0 aromatic carbocycles. The molecule has 0 unspecified atom stereocenters. The van der Waals surface area contributed by atoms with Crippen LogP contribution in [0, 0.1) is 0 Å². The van der Waals surface area contributed by atoms with Gasteiger partial charge in [-0.25, -0.2) is 19.7 Å². The maximum absolute atomic E-state index is 12.0. The fourth-order valence-electron chi connectivity index (χ4n) is 1.76. The number of rotatable bonds is 8. The molecule has 2 heterocycles. The van der Waals surface area contributed by atoms with Crippen LogP contribution in [0.3, 0.4) is 0 Å². The van der Waals surface area contributed by atoms with Gasteiger partial charge in [0.1, 0.15) is 0 Å². The molecule has 2 aromatic rings. The zero-order chi connectivity index (χ0) is 17.4. The minimum Gasteiger partial charge on any atom is -0.451 e. The smallest absolute Gasteiger partial charge is 0.358 e. The topological polar surface area (TPSA) is 85.3 Å². The van der Waals surface area contributed by atoms with Crippen molar-refractivity contribution in [3.63, 3.8) is 0 Å². The van der Waals surface area contributed by atoms with E-state index < -0.39 is 5.97 Å². The fraction of sp³-hybridized carbons (Fsp3) is 0.188. The van der Waals surface area contributed by atoms with Crippen LogP contribution in [-0.4, -0.2) is 51.4 Å². The molecular weight excluding hydrogens is 328 g/mol. The Morgan fingerprint density at radius 3 is 2.50 bits per heavy atom. The number of ether oxygens (including phenoxy) is 1. The van der Waals surface area contributed by atoms with Crippen LogP contribution in [0.15, 0.2) is 49.2 Å². The van der Waals surface area contributed by atoms with Gasteiger partial charge >= 0.3 is 5.97 Å². The first-order valence-electron chi connectivity index (χ1n) is 7.05. The van der Waals surface area contributed by atoms with Crippen molar-refractivity contribution in [1.29, 1.82) is 0 Å². The number of aromatic nitrogens is 3. The molecule has 0 aliphatic rings. The van der Waals surface area contributed by atoms with Crippen molar-refractivity contribution in [3.8, 4) is 10.8 Å². The summed E-state index contributed by atoms with van der Waals surface area (Å²) in [4.78, 5) is 37.7. The van der Waals surface area contributed by atoms with Crippen molar-refractivity contribution in [1.82, 2.24) is 19.9 Å². The highest BCUT2D eigenvalue weighted by atomic mass is 32.1. The molecule has 2 rings (SSSR count). The quantitative estimate of drug-likeness (QED) is 0.537. The first-order valence-corrected chi connectivity index (χ1v) is 7.93. The lowest BCUT2D eigenvalue weighted by atomic mass is 10.4. The summed E-state index contributed by atoms with van der Waals surface area (Å²) in [5.41, 5.74) is 0.120. The van der Waals surface area contributed by atoms with E-state index in [4.69, 9.17) is 4.74 Å². The summed E-state index contributed by atoms with van der Waals surface area (Å²) in [5, 5.41) is 2.05. The highest BCUT2D eigenvalue weighted by Crippen LogP contribution is 2.19. The van der Waals surface area contributed by atoms with E-state index in [1.165, 1.54) is 16.2 Å². The number of hydrogen-bond donors (Lipinski definition) is 0. The van der Waals surface area contributed by atoms with Crippen LogP contribution in [0.25, 0.3) is 10.8 Å². The zero-order valence-electron chi connectivity index (χ0n) is 12.9. The average molecular weight is 344 g/mol. The lowest BCUT2D eigenvalue weighted by molar-refractivity contribution is -0.133. The summed E-state index contributed by atoms with van der Waals surface area (Å²) in [5.74, 6) is -0.565. The molecule has 0 bridgehead atoms. The third-order valence-corrected chi connectivity index (χ3v) is 3.69. The monoisotopic (exact) mass is 344 g/mol. The Morgan fingerprint density at radius 1 is 1.21 bits per heavy atom. The minimum atomic E-state index is -0.668. The Hall–Kier alpha value is -2.87. The average Bonchev–Trinajstić information content (AvgIpc) is 3.10. The second-order valence-electron chi connectivity index (χ2n) is 4.56. The SMILES string of the molecule is C=CCN(CC=C)C(=O)COC(=O)c1csc(-c2ncccn2)n1. The van der Waals surface area contributed by atoms with Gasteiger partial charge in [-0.3, -0.25) is 4.79 Å². The number of esters is 1. The molecule has 124 valence electrons. The minimum absolute atomic E-state index is 0.120. The van der Waals surface area contributed by atoms with Gasteiger partial charge in [-0.05, 0) is 6.07 Å². The Bertz CT molecular complexity index is 720. The van der Waals surface area contributed by atoms with Crippen molar-refractivity contribution in [2.24, 2.45) is 0 Å². The molecule has 0 aliphatic heterocycles. The third kappa shape index (κ3) is 4.56.